The first-order valence-electron chi connectivity index (χ1n) is 8.65. The average molecular weight is 435 g/mol. The van der Waals surface area contributed by atoms with Crippen LogP contribution in [0.5, 0.6) is 0 Å². The average Bonchev–Trinajstić information content (AvgIpc) is 3.18. The predicted octanol–water partition coefficient (Wildman–Crippen LogP) is 2.87. The van der Waals surface area contributed by atoms with Gasteiger partial charge in [-0.2, -0.15) is 5.26 Å². The second kappa shape index (κ2) is 8.80. The van der Waals surface area contributed by atoms with E-state index in [1.807, 2.05) is 6.07 Å². The van der Waals surface area contributed by atoms with Crippen LogP contribution in [-0.4, -0.2) is 43.8 Å². The maximum Gasteiger partial charge on any atom is 0.240 e. The number of halogens is 1. The number of hydrazone groups is 1. The third-order valence-corrected chi connectivity index (χ3v) is 5.61. The number of aliphatic hydroxyl groups excluding tert-OH is 1. The summed E-state index contributed by atoms with van der Waals surface area (Å²) < 4.78 is 25.8. The maximum atomic E-state index is 11.1. The lowest BCUT2D eigenvalue weighted by Gasteiger charge is -2.29. The first kappa shape index (κ1) is 21.1. The van der Waals surface area contributed by atoms with Gasteiger partial charge in [-0.15, -0.1) is 5.10 Å². The molecule has 1 aliphatic rings. The standard InChI is InChI=1S/C19H19ClN4O4S/c1-11-16(8-5-14(9-21)17(11)20)22-18(12(2)25)24-10-28-19(23-24)13-3-6-15(7-4-13)29(26)27/h3-8,12,18,22,25H,10H2,1-2H3,(H,26,27)/t12-,18+/m1/s1. The van der Waals surface area contributed by atoms with Crippen LogP contribution >= 0.6 is 11.6 Å². The minimum absolute atomic E-state index is 0.106. The van der Waals surface area contributed by atoms with Gasteiger partial charge in [0.05, 0.1) is 21.6 Å². The molecule has 0 saturated heterocycles. The zero-order valence-electron chi connectivity index (χ0n) is 15.7. The zero-order chi connectivity index (χ0) is 21.1. The van der Waals surface area contributed by atoms with Crippen molar-refractivity contribution in [2.75, 3.05) is 12.0 Å². The molecular formula is C19H19ClN4O4S. The Hall–Kier alpha value is -2.64. The van der Waals surface area contributed by atoms with Crippen molar-refractivity contribution in [3.63, 3.8) is 0 Å². The smallest absolute Gasteiger partial charge is 0.240 e. The molecule has 29 heavy (non-hydrogen) atoms. The fourth-order valence-corrected chi connectivity index (χ4v) is 3.41. The lowest BCUT2D eigenvalue weighted by atomic mass is 10.1. The van der Waals surface area contributed by atoms with Gasteiger partial charge in [-0.1, -0.05) is 11.6 Å². The summed E-state index contributed by atoms with van der Waals surface area (Å²) in [5.74, 6) is 0.335. The molecule has 3 rings (SSSR count). The number of aliphatic hydroxyl groups is 1. The quantitative estimate of drug-likeness (QED) is 0.598. The Kier molecular flexibility index (Phi) is 6.39. The number of benzene rings is 2. The second-order valence-corrected chi connectivity index (χ2v) is 7.78. The van der Waals surface area contributed by atoms with Crippen LogP contribution in [-0.2, 0) is 15.8 Å². The van der Waals surface area contributed by atoms with Crippen molar-refractivity contribution in [3.05, 3.63) is 58.1 Å². The number of nitriles is 1. The van der Waals surface area contributed by atoms with Gasteiger partial charge < -0.3 is 19.7 Å². The Morgan fingerprint density at radius 2 is 2.03 bits per heavy atom. The summed E-state index contributed by atoms with van der Waals surface area (Å²) in [7, 11) is 0. The van der Waals surface area contributed by atoms with Gasteiger partial charge in [0, 0.05) is 11.3 Å². The molecule has 1 unspecified atom stereocenters. The van der Waals surface area contributed by atoms with Gasteiger partial charge in [-0.05, 0) is 55.8 Å². The largest absolute Gasteiger partial charge is 0.453 e. The molecule has 3 N–H and O–H groups in total. The molecule has 1 heterocycles. The first-order valence-corrected chi connectivity index (χ1v) is 10.1. The molecule has 10 heteroatoms. The molecule has 2 aromatic carbocycles. The molecule has 0 spiro atoms. The van der Waals surface area contributed by atoms with E-state index >= 15 is 0 Å². The van der Waals surface area contributed by atoms with Crippen LogP contribution in [0, 0.1) is 18.3 Å². The minimum Gasteiger partial charge on any atom is -0.453 e. The van der Waals surface area contributed by atoms with Crippen molar-refractivity contribution >= 4 is 34.3 Å². The van der Waals surface area contributed by atoms with E-state index in [-0.39, 0.29) is 11.6 Å². The van der Waals surface area contributed by atoms with Crippen LogP contribution in [0.25, 0.3) is 0 Å². The molecule has 152 valence electrons. The molecule has 0 aromatic heterocycles. The van der Waals surface area contributed by atoms with Gasteiger partial charge in [0.1, 0.15) is 12.2 Å². The number of hydrogen-bond acceptors (Lipinski definition) is 7. The molecule has 8 nitrogen and oxygen atoms in total. The molecule has 0 fully saturated rings. The van der Waals surface area contributed by atoms with E-state index in [9.17, 15) is 9.32 Å². The zero-order valence-corrected chi connectivity index (χ0v) is 17.2. The predicted molar refractivity (Wildman–Crippen MR) is 110 cm³/mol. The van der Waals surface area contributed by atoms with E-state index in [0.717, 1.165) is 0 Å². The highest BCUT2D eigenvalue weighted by molar-refractivity contribution is 7.79. The van der Waals surface area contributed by atoms with Gasteiger partial charge in [0.15, 0.2) is 17.8 Å². The monoisotopic (exact) mass is 434 g/mol. The normalized spacial score (nSPS) is 16.4. The van der Waals surface area contributed by atoms with Crippen LogP contribution in [0.4, 0.5) is 5.69 Å². The van der Waals surface area contributed by atoms with Crippen molar-refractivity contribution in [3.8, 4) is 6.07 Å². The SMILES string of the molecule is Cc1c(N[C@H]([C@@H](C)O)N2COC(c3ccc(S(=O)O)cc3)=N2)ccc(C#N)c1Cl. The summed E-state index contributed by atoms with van der Waals surface area (Å²) in [4.78, 5) is 0.279. The fraction of sp³-hybridized carbons (Fsp3) is 0.263. The number of rotatable bonds is 6. The molecule has 2 aromatic rings. The van der Waals surface area contributed by atoms with E-state index in [2.05, 4.69) is 10.4 Å². The molecule has 1 aliphatic heterocycles. The third kappa shape index (κ3) is 4.52. The van der Waals surface area contributed by atoms with Gasteiger partial charge in [-0.3, -0.25) is 0 Å². The van der Waals surface area contributed by atoms with Gasteiger partial charge in [-0.25, -0.2) is 9.22 Å². The fourth-order valence-electron chi connectivity index (χ4n) is 2.83. The van der Waals surface area contributed by atoms with Gasteiger partial charge in [0.25, 0.3) is 0 Å². The molecule has 0 bridgehead atoms. The van der Waals surface area contributed by atoms with Crippen molar-refractivity contribution in [1.29, 1.82) is 5.26 Å². The molecular weight excluding hydrogens is 416 g/mol. The second-order valence-electron chi connectivity index (χ2n) is 6.43. The van der Waals surface area contributed by atoms with E-state index in [0.29, 0.717) is 33.3 Å². The Labute approximate surface area is 175 Å². The lowest BCUT2D eigenvalue weighted by molar-refractivity contribution is 0.0493. The maximum absolute atomic E-state index is 11.1. The molecule has 0 aliphatic carbocycles. The van der Waals surface area contributed by atoms with Gasteiger partial charge >= 0.3 is 0 Å². The minimum atomic E-state index is -2.05. The Morgan fingerprint density at radius 1 is 1.34 bits per heavy atom. The molecule has 0 radical (unpaired) electrons. The van der Waals surface area contributed by atoms with Crippen molar-refractivity contribution < 1.29 is 18.6 Å². The number of nitrogens with zero attached hydrogens (tertiary/aromatic N) is 3. The summed E-state index contributed by atoms with van der Waals surface area (Å²) >= 11 is 4.18. The molecule has 0 amide bonds. The summed E-state index contributed by atoms with van der Waals surface area (Å²) in [6.07, 6.45) is -1.42. The highest BCUT2D eigenvalue weighted by Crippen LogP contribution is 2.28. The third-order valence-electron chi connectivity index (χ3n) is 4.44. The van der Waals surface area contributed by atoms with Crippen molar-refractivity contribution in [2.24, 2.45) is 5.10 Å². The number of nitrogens with one attached hydrogen (secondary N) is 1. The van der Waals surface area contributed by atoms with Gasteiger partial charge in [0.2, 0.25) is 5.90 Å². The highest BCUT2D eigenvalue weighted by Gasteiger charge is 2.29. The van der Waals surface area contributed by atoms with Crippen LogP contribution in [0.1, 0.15) is 23.6 Å². The first-order chi connectivity index (χ1) is 13.8. The van der Waals surface area contributed by atoms with Crippen LogP contribution < -0.4 is 5.32 Å². The van der Waals surface area contributed by atoms with Crippen molar-refractivity contribution in [2.45, 2.75) is 31.0 Å². The summed E-state index contributed by atoms with van der Waals surface area (Å²) in [6.45, 7) is 3.51. The van der Waals surface area contributed by atoms with E-state index in [1.54, 1.807) is 43.1 Å². The van der Waals surface area contributed by atoms with Crippen molar-refractivity contribution in [1.82, 2.24) is 5.01 Å². The Balaban J connectivity index is 1.83. The molecule has 0 saturated carbocycles. The summed E-state index contributed by atoms with van der Waals surface area (Å²) in [5.41, 5.74) is 2.37. The Bertz CT molecular complexity index is 1000. The number of ether oxygens (including phenoxy) is 1. The van der Waals surface area contributed by atoms with Crippen LogP contribution in [0.2, 0.25) is 5.02 Å². The van der Waals surface area contributed by atoms with E-state index < -0.39 is 23.4 Å². The van der Waals surface area contributed by atoms with Crippen LogP contribution in [0.3, 0.4) is 0 Å². The van der Waals surface area contributed by atoms with Crippen LogP contribution in [0.15, 0.2) is 46.4 Å². The lowest BCUT2D eigenvalue weighted by Crippen LogP contribution is -2.44. The highest BCUT2D eigenvalue weighted by atomic mass is 35.5. The topological polar surface area (TPSA) is 118 Å². The van der Waals surface area contributed by atoms with E-state index in [4.69, 9.17) is 26.2 Å². The van der Waals surface area contributed by atoms with E-state index in [1.165, 1.54) is 12.1 Å². The Morgan fingerprint density at radius 3 is 2.62 bits per heavy atom. The number of anilines is 1. The summed E-state index contributed by atoms with van der Waals surface area (Å²) in [6, 6.07) is 11.7. The molecule has 3 atom stereocenters. The number of hydrogen-bond donors (Lipinski definition) is 3. The summed E-state index contributed by atoms with van der Waals surface area (Å²) in [5, 5.41) is 28.9.